The van der Waals surface area contributed by atoms with Gasteiger partial charge < -0.3 is 25.2 Å². The Kier molecular flexibility index (Phi) is 5.79. The smallest absolute Gasteiger partial charge is 0.408 e. The lowest BCUT2D eigenvalue weighted by Crippen LogP contribution is -2.62. The van der Waals surface area contributed by atoms with E-state index in [1.54, 1.807) is 11.8 Å². The van der Waals surface area contributed by atoms with Crippen LogP contribution in [-0.2, 0) is 14.3 Å². The topological polar surface area (TPSA) is 116 Å². The van der Waals surface area contributed by atoms with Gasteiger partial charge in [0, 0.05) is 31.8 Å². The summed E-state index contributed by atoms with van der Waals surface area (Å²) in [7, 11) is 0. The molecule has 1 aliphatic heterocycles. The van der Waals surface area contributed by atoms with Gasteiger partial charge in [-0.3, -0.25) is 4.79 Å². The number of hydrogen-bond donors (Lipinski definition) is 3. The molecule has 184 valence electrons. The summed E-state index contributed by atoms with van der Waals surface area (Å²) in [5.41, 5.74) is 1.56. The number of nitrogens with one attached hydrogen (secondary N) is 1. The molecule has 5 rings (SSSR count). The molecule has 8 heteroatoms. The maximum absolute atomic E-state index is 13.4. The second-order valence-corrected chi connectivity index (χ2v) is 10.1. The van der Waals surface area contributed by atoms with Gasteiger partial charge in [0.15, 0.2) is 5.60 Å². The van der Waals surface area contributed by atoms with Gasteiger partial charge in [0.2, 0.25) is 5.91 Å². The number of carboxylic acids is 1. The van der Waals surface area contributed by atoms with Gasteiger partial charge in [0.25, 0.3) is 0 Å². The van der Waals surface area contributed by atoms with E-state index in [0.717, 1.165) is 35.1 Å². The number of aliphatic carboxylic acids is 1. The van der Waals surface area contributed by atoms with E-state index in [2.05, 4.69) is 17.4 Å². The largest absolute Gasteiger partial charge is 0.479 e. The fraction of sp³-hybridized carbons (Fsp3) is 0.444. The average molecular weight is 479 g/mol. The van der Waals surface area contributed by atoms with Gasteiger partial charge in [0.1, 0.15) is 12.1 Å². The minimum atomic E-state index is -1.81. The van der Waals surface area contributed by atoms with Crippen molar-refractivity contribution in [3.8, 4) is 11.1 Å². The van der Waals surface area contributed by atoms with Crippen LogP contribution in [0.3, 0.4) is 0 Å². The Morgan fingerprint density at radius 1 is 1.03 bits per heavy atom. The third-order valence-corrected chi connectivity index (χ3v) is 7.82. The van der Waals surface area contributed by atoms with Crippen molar-refractivity contribution >= 4 is 18.0 Å². The normalized spacial score (nSPS) is 20.3. The number of ether oxygens (including phenoxy) is 1. The zero-order valence-electron chi connectivity index (χ0n) is 19.7. The average Bonchev–Trinajstić information content (AvgIpc) is 3.67. The molecule has 1 saturated carbocycles. The highest BCUT2D eigenvalue weighted by molar-refractivity contribution is 5.91. The van der Waals surface area contributed by atoms with E-state index >= 15 is 0 Å². The van der Waals surface area contributed by atoms with Crippen molar-refractivity contribution in [3.05, 3.63) is 59.7 Å². The molecule has 1 unspecified atom stereocenters. The molecule has 2 aliphatic carbocycles. The summed E-state index contributed by atoms with van der Waals surface area (Å²) in [5, 5.41) is 22.3. The van der Waals surface area contributed by atoms with Crippen molar-refractivity contribution in [3.63, 3.8) is 0 Å². The lowest BCUT2D eigenvalue weighted by atomic mass is 9.88. The molecule has 2 fully saturated rings. The van der Waals surface area contributed by atoms with Gasteiger partial charge in [-0.1, -0.05) is 48.5 Å². The highest BCUT2D eigenvalue weighted by Gasteiger charge is 2.52. The number of rotatable bonds is 6. The van der Waals surface area contributed by atoms with Gasteiger partial charge in [-0.15, -0.1) is 0 Å². The molecule has 2 aromatic carbocycles. The van der Waals surface area contributed by atoms with Crippen LogP contribution >= 0.6 is 0 Å². The zero-order chi connectivity index (χ0) is 24.8. The summed E-state index contributed by atoms with van der Waals surface area (Å²) in [6, 6.07) is 16.2. The third-order valence-electron chi connectivity index (χ3n) is 7.82. The van der Waals surface area contributed by atoms with Crippen molar-refractivity contribution in [1.29, 1.82) is 0 Å². The maximum Gasteiger partial charge on any atom is 0.408 e. The number of likely N-dealkylation sites (tertiary alicyclic amines) is 1. The lowest BCUT2D eigenvalue weighted by molar-refractivity contribution is -0.166. The van der Waals surface area contributed by atoms with Crippen LogP contribution < -0.4 is 5.32 Å². The Morgan fingerprint density at radius 3 is 2.09 bits per heavy atom. The van der Waals surface area contributed by atoms with E-state index in [0.29, 0.717) is 0 Å². The number of fused-ring (bicyclic) bond motifs is 3. The van der Waals surface area contributed by atoms with Crippen LogP contribution in [0.15, 0.2) is 48.5 Å². The van der Waals surface area contributed by atoms with Crippen molar-refractivity contribution in [1.82, 2.24) is 10.2 Å². The van der Waals surface area contributed by atoms with E-state index < -0.39 is 23.2 Å². The van der Waals surface area contributed by atoms with Crippen molar-refractivity contribution in [2.24, 2.45) is 5.92 Å². The molecule has 0 bridgehead atoms. The number of nitrogens with zero attached hydrogens (tertiary/aromatic N) is 1. The molecule has 3 N–H and O–H groups in total. The standard InChI is InChI=1S/C27H30N2O6/c1-26(17-10-11-17,23(30)29-14-12-27(34,13-15-29)24(31)32)28-25(33)35-16-22-20-8-4-2-6-18(20)19-7-3-5-9-21(19)22/h2-9,17,22,34H,10-16H2,1H3,(H,28,33)(H,31,32). The van der Waals surface area contributed by atoms with Crippen LogP contribution in [0.2, 0.25) is 0 Å². The monoisotopic (exact) mass is 478 g/mol. The number of benzene rings is 2. The summed E-state index contributed by atoms with van der Waals surface area (Å²) in [6.45, 7) is 2.11. The van der Waals surface area contributed by atoms with Gasteiger partial charge >= 0.3 is 12.1 Å². The third kappa shape index (κ3) is 4.16. The Hall–Kier alpha value is -3.39. The first kappa shape index (κ1) is 23.4. The molecule has 1 atom stereocenters. The summed E-state index contributed by atoms with van der Waals surface area (Å²) < 4.78 is 5.68. The van der Waals surface area contributed by atoms with Gasteiger partial charge in [0.05, 0.1) is 0 Å². The van der Waals surface area contributed by atoms with Crippen LogP contribution in [0, 0.1) is 5.92 Å². The molecule has 0 spiro atoms. The molecule has 1 saturated heterocycles. The summed E-state index contributed by atoms with van der Waals surface area (Å²) in [4.78, 5) is 39.2. The maximum atomic E-state index is 13.4. The van der Waals surface area contributed by atoms with Crippen LogP contribution in [-0.4, -0.2) is 63.9 Å². The number of carbonyl (C=O) groups is 3. The Bertz CT molecular complexity index is 1120. The van der Waals surface area contributed by atoms with Crippen LogP contribution in [0.25, 0.3) is 11.1 Å². The van der Waals surface area contributed by atoms with Crippen LogP contribution in [0.1, 0.15) is 49.7 Å². The Morgan fingerprint density at radius 2 is 1.57 bits per heavy atom. The SMILES string of the molecule is CC(NC(=O)OCC1c2ccccc2-c2ccccc21)(C(=O)N1CCC(O)(C(=O)O)CC1)C1CC1. The van der Waals surface area contributed by atoms with E-state index in [4.69, 9.17) is 4.74 Å². The molecule has 8 nitrogen and oxygen atoms in total. The van der Waals surface area contributed by atoms with Crippen molar-refractivity contribution < 1.29 is 29.3 Å². The first-order valence-corrected chi connectivity index (χ1v) is 12.1. The van der Waals surface area contributed by atoms with Crippen molar-refractivity contribution in [2.45, 2.75) is 49.7 Å². The number of hydrogen-bond acceptors (Lipinski definition) is 5. The number of piperidine rings is 1. The highest BCUT2D eigenvalue weighted by Crippen LogP contribution is 2.45. The predicted molar refractivity (Wildman–Crippen MR) is 128 cm³/mol. The molecule has 0 aromatic heterocycles. The number of amides is 2. The molecular weight excluding hydrogens is 448 g/mol. The van der Waals surface area contributed by atoms with E-state index in [1.165, 1.54) is 0 Å². The fourth-order valence-corrected chi connectivity index (χ4v) is 5.46. The molecule has 2 aromatic rings. The minimum absolute atomic E-state index is 0.00392. The van der Waals surface area contributed by atoms with Gasteiger partial charge in [-0.25, -0.2) is 9.59 Å². The first-order valence-electron chi connectivity index (χ1n) is 12.1. The molecule has 1 heterocycles. The van der Waals surface area contributed by atoms with Gasteiger partial charge in [-0.05, 0) is 47.9 Å². The fourth-order valence-electron chi connectivity index (χ4n) is 5.46. The second kappa shape index (κ2) is 8.68. The highest BCUT2D eigenvalue weighted by atomic mass is 16.5. The summed E-state index contributed by atoms with van der Waals surface area (Å²) in [6.07, 6.45) is 0.908. The summed E-state index contributed by atoms with van der Waals surface area (Å²) in [5.74, 6) is -1.62. The van der Waals surface area contributed by atoms with Crippen LogP contribution in [0.5, 0.6) is 0 Å². The zero-order valence-corrected chi connectivity index (χ0v) is 19.7. The quantitative estimate of drug-likeness (QED) is 0.588. The summed E-state index contributed by atoms with van der Waals surface area (Å²) >= 11 is 0. The van der Waals surface area contributed by atoms with E-state index in [-0.39, 0.29) is 50.3 Å². The van der Waals surface area contributed by atoms with Crippen molar-refractivity contribution in [2.75, 3.05) is 19.7 Å². The predicted octanol–water partition coefficient (Wildman–Crippen LogP) is 3.13. The molecular formula is C27H30N2O6. The minimum Gasteiger partial charge on any atom is -0.479 e. The Labute approximate surface area is 203 Å². The first-order chi connectivity index (χ1) is 16.7. The van der Waals surface area contributed by atoms with Crippen LogP contribution in [0.4, 0.5) is 4.79 Å². The van der Waals surface area contributed by atoms with Gasteiger partial charge in [-0.2, -0.15) is 0 Å². The molecule has 2 amide bonds. The number of carbonyl (C=O) groups excluding carboxylic acids is 2. The van der Waals surface area contributed by atoms with E-state index in [9.17, 15) is 24.6 Å². The van der Waals surface area contributed by atoms with E-state index in [1.807, 2.05) is 36.4 Å². The number of aliphatic hydroxyl groups is 1. The number of alkyl carbamates (subject to hydrolysis) is 1. The molecule has 3 aliphatic rings. The molecule has 35 heavy (non-hydrogen) atoms. The Balaban J connectivity index is 1.26. The second-order valence-electron chi connectivity index (χ2n) is 10.1. The number of carboxylic acid groups (broad SMARTS) is 1. The lowest BCUT2D eigenvalue weighted by Gasteiger charge is -2.40. The molecule has 0 radical (unpaired) electrons.